The second-order valence-electron chi connectivity index (χ2n) is 11.1. The summed E-state index contributed by atoms with van der Waals surface area (Å²) in [4.78, 5) is 30.0. The van der Waals surface area contributed by atoms with Crippen LogP contribution in [0.1, 0.15) is 37.0 Å². The number of piperazine rings is 1. The fourth-order valence-corrected chi connectivity index (χ4v) is 5.87. The number of para-hydroxylation sites is 2. The maximum atomic E-state index is 14.0. The van der Waals surface area contributed by atoms with Crippen molar-refractivity contribution < 1.29 is 19.1 Å². The van der Waals surface area contributed by atoms with E-state index < -0.39 is 0 Å². The van der Waals surface area contributed by atoms with Gasteiger partial charge in [0.15, 0.2) is 11.5 Å². The second-order valence-corrected chi connectivity index (χ2v) is 11.1. The fraction of sp³-hybridized carbons (Fsp3) is 0.371. The Morgan fingerprint density at radius 2 is 1.55 bits per heavy atom. The van der Waals surface area contributed by atoms with Crippen molar-refractivity contribution in [2.24, 2.45) is 0 Å². The predicted octanol–water partition coefficient (Wildman–Crippen LogP) is 4.75. The molecule has 1 fully saturated rings. The molecule has 42 heavy (non-hydrogen) atoms. The van der Waals surface area contributed by atoms with Gasteiger partial charge >= 0.3 is 0 Å². The lowest BCUT2D eigenvalue weighted by Crippen LogP contribution is -2.61. The van der Waals surface area contributed by atoms with E-state index in [1.807, 2.05) is 66.2 Å². The normalized spacial score (nSPS) is 18.0. The maximum absolute atomic E-state index is 14.0. The fourth-order valence-electron chi connectivity index (χ4n) is 5.87. The van der Waals surface area contributed by atoms with Gasteiger partial charge in [-0.2, -0.15) is 0 Å². The quantitative estimate of drug-likeness (QED) is 0.362. The highest BCUT2D eigenvalue weighted by Crippen LogP contribution is 2.34. The van der Waals surface area contributed by atoms with Gasteiger partial charge in [-0.25, -0.2) is 0 Å². The molecule has 7 nitrogen and oxygen atoms in total. The number of fused-ring (bicyclic) bond motifs is 2. The minimum absolute atomic E-state index is 0.0210. The van der Waals surface area contributed by atoms with Gasteiger partial charge in [-0.05, 0) is 54.2 Å². The molecule has 0 spiro atoms. The van der Waals surface area contributed by atoms with Crippen LogP contribution in [0.2, 0.25) is 0 Å². The van der Waals surface area contributed by atoms with Crippen molar-refractivity contribution >= 4 is 17.4 Å². The van der Waals surface area contributed by atoms with Crippen molar-refractivity contribution in [1.82, 2.24) is 15.1 Å². The average Bonchev–Trinajstić information content (AvgIpc) is 3.01. The molecular formula is C35H41N3O4. The summed E-state index contributed by atoms with van der Waals surface area (Å²) in [6, 6.07) is 26.4. The van der Waals surface area contributed by atoms with Gasteiger partial charge in [0.05, 0.1) is 19.3 Å². The number of rotatable bonds is 11. The van der Waals surface area contributed by atoms with Crippen molar-refractivity contribution in [1.29, 1.82) is 0 Å². The first kappa shape index (κ1) is 29.4. The number of benzene rings is 3. The first-order valence-corrected chi connectivity index (χ1v) is 14.9. The Kier molecular flexibility index (Phi) is 9.59. The molecule has 2 amide bonds. The van der Waals surface area contributed by atoms with Gasteiger partial charge in [0.1, 0.15) is 0 Å². The van der Waals surface area contributed by atoms with Gasteiger partial charge in [0, 0.05) is 51.6 Å². The molecule has 2 bridgehead atoms. The minimum Gasteiger partial charge on any atom is -0.490 e. The number of nitrogens with one attached hydrogen (secondary N) is 1. The lowest BCUT2D eigenvalue weighted by Gasteiger charge is -2.44. The summed E-state index contributed by atoms with van der Waals surface area (Å²) in [5.74, 6) is 1.58. The molecule has 3 aromatic rings. The second kappa shape index (κ2) is 13.7. The number of amides is 2. The zero-order valence-corrected chi connectivity index (χ0v) is 24.8. The van der Waals surface area contributed by atoms with E-state index in [9.17, 15) is 9.59 Å². The molecule has 220 valence electrons. The van der Waals surface area contributed by atoms with Crippen molar-refractivity contribution in [3.05, 3.63) is 101 Å². The van der Waals surface area contributed by atoms with Crippen LogP contribution in [0.5, 0.6) is 11.5 Å². The molecule has 5 rings (SSSR count). The lowest BCUT2D eigenvalue weighted by atomic mass is 9.82. The topological polar surface area (TPSA) is 71.1 Å². The highest BCUT2D eigenvalue weighted by molar-refractivity contribution is 6.03. The van der Waals surface area contributed by atoms with Gasteiger partial charge in [-0.3, -0.25) is 9.59 Å². The van der Waals surface area contributed by atoms with Crippen molar-refractivity contribution in [2.45, 2.75) is 45.2 Å². The third-order valence-corrected chi connectivity index (χ3v) is 8.11. The summed E-state index contributed by atoms with van der Waals surface area (Å²) >= 11 is 0. The first-order valence-electron chi connectivity index (χ1n) is 14.9. The highest BCUT2D eigenvalue weighted by atomic mass is 16.5. The van der Waals surface area contributed by atoms with Crippen molar-refractivity contribution in [2.75, 3.05) is 39.9 Å². The largest absolute Gasteiger partial charge is 0.490 e. The minimum atomic E-state index is -0.193. The summed E-state index contributed by atoms with van der Waals surface area (Å²) in [5, 5.41) is 3.64. The first-order chi connectivity index (χ1) is 20.4. The van der Waals surface area contributed by atoms with Crippen LogP contribution in [0.25, 0.3) is 5.57 Å². The van der Waals surface area contributed by atoms with Gasteiger partial charge < -0.3 is 24.6 Å². The van der Waals surface area contributed by atoms with E-state index in [1.54, 1.807) is 6.92 Å². The maximum Gasteiger partial charge on any atom is 0.251 e. The van der Waals surface area contributed by atoms with Crippen molar-refractivity contribution in [3.8, 4) is 11.5 Å². The average molecular weight is 568 g/mol. The summed E-state index contributed by atoms with van der Waals surface area (Å²) in [6.07, 6.45) is 2.25. The molecule has 2 heterocycles. The Morgan fingerprint density at radius 1 is 0.881 bits per heavy atom. The van der Waals surface area contributed by atoms with E-state index in [0.29, 0.717) is 39.3 Å². The van der Waals surface area contributed by atoms with Crippen LogP contribution >= 0.6 is 0 Å². The Morgan fingerprint density at radius 3 is 2.24 bits per heavy atom. The smallest absolute Gasteiger partial charge is 0.251 e. The number of hydrogen-bond acceptors (Lipinski definition) is 5. The molecule has 1 saturated heterocycles. The number of carbonyl (C=O) groups excluding carboxylic acids is 2. The number of nitrogens with zero attached hydrogens (tertiary/aromatic N) is 2. The van der Waals surface area contributed by atoms with Crippen LogP contribution in [-0.4, -0.2) is 73.6 Å². The van der Waals surface area contributed by atoms with Crippen LogP contribution in [0.3, 0.4) is 0 Å². The Balaban J connectivity index is 1.33. The van der Waals surface area contributed by atoms with E-state index >= 15 is 0 Å². The Bertz CT molecular complexity index is 1400. The number of ether oxygens (including phenoxy) is 2. The SMILES string of the molecule is CCOc1ccccc1OCCc1ccc(C2=C(C(=O)N(C)CCc3ccccc3)[C@H]3CN(C(C)=O)C[C@@H](C2)N3)cc1. The number of carbonyl (C=O) groups is 2. The van der Waals surface area contributed by atoms with E-state index in [4.69, 9.17) is 9.47 Å². The zero-order valence-electron chi connectivity index (χ0n) is 24.8. The number of likely N-dealkylation sites (N-methyl/N-ethyl adjacent to an activating group) is 1. The Hall–Kier alpha value is -4.10. The zero-order chi connectivity index (χ0) is 29.5. The molecule has 3 aromatic carbocycles. The van der Waals surface area contributed by atoms with E-state index in [0.717, 1.165) is 46.6 Å². The van der Waals surface area contributed by atoms with Crippen LogP contribution in [-0.2, 0) is 22.4 Å². The standard InChI is InChI=1S/C35H41N3O4/c1-4-41-32-12-8-9-13-33(32)42-21-19-27-14-16-28(17-15-27)30-22-29-23-38(25(2)39)24-31(36-29)34(30)35(40)37(3)20-18-26-10-6-5-7-11-26/h5-17,29,31,36H,4,18-24H2,1-3H3/t29-,31-/m1/s1. The van der Waals surface area contributed by atoms with E-state index in [2.05, 4.69) is 41.7 Å². The third kappa shape index (κ3) is 7.02. The molecule has 1 N–H and O–H groups in total. The molecule has 2 aliphatic rings. The molecule has 0 radical (unpaired) electrons. The summed E-state index contributed by atoms with van der Waals surface area (Å²) in [5.41, 5.74) is 5.29. The van der Waals surface area contributed by atoms with E-state index in [-0.39, 0.29) is 23.9 Å². The van der Waals surface area contributed by atoms with Gasteiger partial charge in [-0.15, -0.1) is 0 Å². The van der Waals surface area contributed by atoms with Crippen LogP contribution in [0, 0.1) is 0 Å². The molecule has 0 aromatic heterocycles. The molecule has 2 aliphatic heterocycles. The van der Waals surface area contributed by atoms with Crippen LogP contribution < -0.4 is 14.8 Å². The summed E-state index contributed by atoms with van der Waals surface area (Å²) in [7, 11) is 1.88. The number of hydrogen-bond donors (Lipinski definition) is 1. The molecular weight excluding hydrogens is 526 g/mol. The van der Waals surface area contributed by atoms with Gasteiger partial charge in [-0.1, -0.05) is 66.7 Å². The van der Waals surface area contributed by atoms with E-state index in [1.165, 1.54) is 5.56 Å². The monoisotopic (exact) mass is 567 g/mol. The lowest BCUT2D eigenvalue weighted by molar-refractivity contribution is -0.132. The third-order valence-electron chi connectivity index (χ3n) is 8.11. The Labute approximate surface area is 249 Å². The summed E-state index contributed by atoms with van der Waals surface area (Å²) < 4.78 is 11.7. The molecule has 2 atom stereocenters. The molecule has 0 saturated carbocycles. The van der Waals surface area contributed by atoms with Crippen LogP contribution in [0.15, 0.2) is 84.4 Å². The predicted molar refractivity (Wildman–Crippen MR) is 166 cm³/mol. The van der Waals surface area contributed by atoms with Crippen LogP contribution in [0.4, 0.5) is 0 Å². The molecule has 0 aliphatic carbocycles. The summed E-state index contributed by atoms with van der Waals surface area (Å²) in [6.45, 7) is 6.48. The molecule has 7 heteroatoms. The van der Waals surface area contributed by atoms with Gasteiger partial charge in [0.2, 0.25) is 5.91 Å². The highest BCUT2D eigenvalue weighted by Gasteiger charge is 2.39. The molecule has 0 unspecified atom stereocenters. The van der Waals surface area contributed by atoms with Gasteiger partial charge in [0.25, 0.3) is 5.91 Å². The van der Waals surface area contributed by atoms with Crippen molar-refractivity contribution in [3.63, 3.8) is 0 Å².